The lowest BCUT2D eigenvalue weighted by atomic mass is 10.4. The summed E-state index contributed by atoms with van der Waals surface area (Å²) in [4.78, 5) is 13.6. The van der Waals surface area contributed by atoms with Crippen LogP contribution < -0.4 is 5.11 Å². The minimum Gasteiger partial charge on any atom is -0.550 e. The molecule has 0 unspecified atom stereocenters. The third-order valence-corrected chi connectivity index (χ3v) is 1.06. The zero-order chi connectivity index (χ0) is 7.56. The van der Waals surface area contributed by atoms with Gasteiger partial charge in [0.1, 0.15) is 5.82 Å². The maximum Gasteiger partial charge on any atom is 0.213 e. The molecule has 1 aromatic rings. The fourth-order valence-electron chi connectivity index (χ4n) is 0.525. The van der Waals surface area contributed by atoms with Crippen molar-refractivity contribution in [3.63, 3.8) is 0 Å². The van der Waals surface area contributed by atoms with Crippen molar-refractivity contribution in [2.75, 3.05) is 0 Å². The highest BCUT2D eigenvalue weighted by atomic mass is 32.1. The maximum atomic E-state index is 9.96. The quantitative estimate of drug-likeness (QED) is 0.527. The number of hydrogen-bond acceptors (Lipinski definition) is 4. The molecule has 10 heavy (non-hydrogen) atoms. The molecule has 0 spiro atoms. The summed E-state index contributed by atoms with van der Waals surface area (Å²) in [7, 11) is 0. The lowest BCUT2D eigenvalue weighted by molar-refractivity contribution is -0.304. The summed E-state index contributed by atoms with van der Waals surface area (Å²) in [6.07, 6.45) is -0.243. The van der Waals surface area contributed by atoms with Crippen molar-refractivity contribution in [3.05, 3.63) is 10.6 Å². The topological polar surface area (TPSA) is 84.6 Å². The standard InChI is InChI=1S/C4H5N3O2S/c8-3(9)1-2-5-4(10)7-6-2/h1H2,(H,8,9)(H2,5,6,7,10)/p-1. The molecule has 54 valence electrons. The number of aromatic amines is 2. The van der Waals surface area contributed by atoms with E-state index in [9.17, 15) is 9.90 Å². The number of aliphatic carboxylic acids is 1. The van der Waals surface area contributed by atoms with Gasteiger partial charge in [0, 0.05) is 12.4 Å². The third kappa shape index (κ3) is 1.66. The highest BCUT2D eigenvalue weighted by Crippen LogP contribution is 1.86. The van der Waals surface area contributed by atoms with Crippen LogP contribution >= 0.6 is 12.2 Å². The van der Waals surface area contributed by atoms with Gasteiger partial charge in [-0.15, -0.1) is 0 Å². The molecule has 1 heterocycles. The molecule has 5 nitrogen and oxygen atoms in total. The molecular weight excluding hydrogens is 154 g/mol. The minimum atomic E-state index is -1.18. The predicted molar refractivity (Wildman–Crippen MR) is 32.5 cm³/mol. The van der Waals surface area contributed by atoms with Crippen LogP contribution in [0.25, 0.3) is 0 Å². The summed E-state index contributed by atoms with van der Waals surface area (Å²) in [5, 5.41) is 14.9. The number of carbonyl (C=O) groups excluding carboxylic acids is 1. The van der Waals surface area contributed by atoms with Gasteiger partial charge in [-0.1, -0.05) is 0 Å². The SMILES string of the molecule is O=C([O-])Cc1nc(=S)[nH][nH]1. The summed E-state index contributed by atoms with van der Waals surface area (Å²) in [6.45, 7) is 0. The van der Waals surface area contributed by atoms with Gasteiger partial charge in [-0.3, -0.25) is 10.2 Å². The summed E-state index contributed by atoms with van der Waals surface area (Å²) in [6, 6.07) is 0. The largest absolute Gasteiger partial charge is 0.550 e. The third-order valence-electron chi connectivity index (χ3n) is 0.862. The predicted octanol–water partition coefficient (Wildman–Crippen LogP) is -1.24. The zero-order valence-corrected chi connectivity index (χ0v) is 5.70. The first-order valence-electron chi connectivity index (χ1n) is 2.52. The van der Waals surface area contributed by atoms with Gasteiger partial charge in [0.2, 0.25) is 4.77 Å². The Morgan fingerprint density at radius 3 is 2.80 bits per heavy atom. The van der Waals surface area contributed by atoms with E-state index in [1.54, 1.807) is 0 Å². The van der Waals surface area contributed by atoms with E-state index in [-0.39, 0.29) is 17.0 Å². The normalized spacial score (nSPS) is 9.60. The van der Waals surface area contributed by atoms with Crippen molar-refractivity contribution in [2.45, 2.75) is 6.42 Å². The van der Waals surface area contributed by atoms with Crippen LogP contribution in [-0.2, 0) is 11.2 Å². The Morgan fingerprint density at radius 2 is 2.40 bits per heavy atom. The van der Waals surface area contributed by atoms with Crippen molar-refractivity contribution >= 4 is 18.2 Å². The Balaban J connectivity index is 2.76. The van der Waals surface area contributed by atoms with Gasteiger partial charge < -0.3 is 9.90 Å². The van der Waals surface area contributed by atoms with Crippen molar-refractivity contribution in [3.8, 4) is 0 Å². The summed E-state index contributed by atoms with van der Waals surface area (Å²) < 4.78 is 0.247. The van der Waals surface area contributed by atoms with Crippen LogP contribution in [0.3, 0.4) is 0 Å². The second kappa shape index (κ2) is 2.61. The van der Waals surface area contributed by atoms with E-state index in [1.165, 1.54) is 0 Å². The monoisotopic (exact) mass is 158 g/mol. The Morgan fingerprint density at radius 1 is 1.70 bits per heavy atom. The first kappa shape index (κ1) is 6.94. The van der Waals surface area contributed by atoms with Crippen LogP contribution in [0.5, 0.6) is 0 Å². The Hall–Kier alpha value is -1.17. The lowest BCUT2D eigenvalue weighted by Crippen LogP contribution is -2.24. The number of hydrogen-bond donors (Lipinski definition) is 2. The smallest absolute Gasteiger partial charge is 0.213 e. The molecule has 2 N–H and O–H groups in total. The molecule has 0 aliphatic carbocycles. The Kier molecular flexibility index (Phi) is 1.81. The molecule has 0 aliphatic heterocycles. The molecule has 6 heteroatoms. The molecule has 0 atom stereocenters. The van der Waals surface area contributed by atoms with Crippen molar-refractivity contribution < 1.29 is 9.90 Å². The number of nitrogens with zero attached hydrogens (tertiary/aromatic N) is 1. The first-order chi connectivity index (χ1) is 4.68. The van der Waals surface area contributed by atoms with Crippen LogP contribution in [0.2, 0.25) is 0 Å². The van der Waals surface area contributed by atoms with E-state index in [0.717, 1.165) is 0 Å². The Labute approximate surface area is 61.1 Å². The van der Waals surface area contributed by atoms with Gasteiger partial charge in [0.15, 0.2) is 0 Å². The molecule has 0 fully saturated rings. The molecule has 0 saturated carbocycles. The highest BCUT2D eigenvalue weighted by molar-refractivity contribution is 7.71. The molecule has 0 bridgehead atoms. The second-order valence-corrected chi connectivity index (χ2v) is 2.05. The van der Waals surface area contributed by atoms with Crippen molar-refractivity contribution in [2.24, 2.45) is 0 Å². The molecule has 0 saturated heterocycles. The average Bonchev–Trinajstić information content (AvgIpc) is 2.13. The molecule has 1 rings (SSSR count). The fourth-order valence-corrected chi connectivity index (χ4v) is 0.686. The van der Waals surface area contributed by atoms with Crippen LogP contribution in [-0.4, -0.2) is 21.2 Å². The molecule has 1 aromatic heterocycles. The van der Waals surface area contributed by atoms with Crippen molar-refractivity contribution in [1.29, 1.82) is 0 Å². The minimum absolute atomic E-state index is 0.243. The lowest BCUT2D eigenvalue weighted by Gasteiger charge is -1.94. The van der Waals surface area contributed by atoms with Gasteiger partial charge >= 0.3 is 0 Å². The van der Waals surface area contributed by atoms with Gasteiger partial charge in [-0.05, 0) is 12.2 Å². The van der Waals surface area contributed by atoms with Crippen molar-refractivity contribution in [1.82, 2.24) is 15.2 Å². The summed E-state index contributed by atoms with van der Waals surface area (Å²) in [5.74, 6) is -0.900. The van der Waals surface area contributed by atoms with Crippen LogP contribution in [0.1, 0.15) is 5.82 Å². The number of carboxylic acid groups (broad SMARTS) is 1. The summed E-state index contributed by atoms with van der Waals surface area (Å²) >= 11 is 4.57. The van der Waals surface area contributed by atoms with Gasteiger partial charge in [-0.25, -0.2) is 4.98 Å². The maximum absolute atomic E-state index is 9.96. The second-order valence-electron chi connectivity index (χ2n) is 1.66. The van der Waals surface area contributed by atoms with Gasteiger partial charge in [0.05, 0.1) is 0 Å². The number of aromatic nitrogens is 3. The number of carbonyl (C=O) groups is 1. The van der Waals surface area contributed by atoms with E-state index < -0.39 is 5.97 Å². The summed E-state index contributed by atoms with van der Waals surface area (Å²) in [5.41, 5.74) is 0. The Bertz CT molecular complexity index is 289. The average molecular weight is 158 g/mol. The molecule has 0 aromatic carbocycles. The van der Waals surface area contributed by atoms with Crippen LogP contribution in [0, 0.1) is 4.77 Å². The van der Waals surface area contributed by atoms with Gasteiger partial charge in [-0.2, -0.15) is 0 Å². The number of rotatable bonds is 2. The van der Waals surface area contributed by atoms with Gasteiger partial charge in [0.25, 0.3) is 0 Å². The molecular formula is C4H4N3O2S-. The number of nitrogens with one attached hydrogen (secondary N) is 2. The van der Waals surface area contributed by atoms with E-state index in [1.807, 2.05) is 0 Å². The van der Waals surface area contributed by atoms with E-state index in [2.05, 4.69) is 27.4 Å². The molecule has 0 radical (unpaired) electrons. The van der Waals surface area contributed by atoms with Crippen LogP contribution in [0.15, 0.2) is 0 Å². The van der Waals surface area contributed by atoms with E-state index in [0.29, 0.717) is 0 Å². The zero-order valence-electron chi connectivity index (χ0n) is 4.88. The number of carboxylic acids is 1. The van der Waals surface area contributed by atoms with Crippen LogP contribution in [0.4, 0.5) is 0 Å². The number of H-pyrrole nitrogens is 2. The molecule has 0 aliphatic rings. The fraction of sp³-hybridized carbons (Fsp3) is 0.250. The highest BCUT2D eigenvalue weighted by Gasteiger charge is 1.94. The molecule has 0 amide bonds. The first-order valence-corrected chi connectivity index (χ1v) is 2.92. The van der Waals surface area contributed by atoms with E-state index >= 15 is 0 Å². The van der Waals surface area contributed by atoms with E-state index in [4.69, 9.17) is 0 Å².